The molecule has 3 heteroatoms. The van der Waals surface area contributed by atoms with E-state index in [0.29, 0.717) is 4.48 Å². The van der Waals surface area contributed by atoms with Gasteiger partial charge in [-0.05, 0) is 6.92 Å². The van der Waals surface area contributed by atoms with Crippen molar-refractivity contribution in [3.63, 3.8) is 0 Å². The first-order valence-corrected chi connectivity index (χ1v) is 4.04. The van der Waals surface area contributed by atoms with Crippen LogP contribution in [0.5, 0.6) is 0 Å². The van der Waals surface area contributed by atoms with Gasteiger partial charge in [-0.1, -0.05) is 6.92 Å². The van der Waals surface area contributed by atoms with Crippen LogP contribution in [-0.2, 0) is 0 Å². The summed E-state index contributed by atoms with van der Waals surface area (Å²) in [5, 5.41) is 9.47. The van der Waals surface area contributed by atoms with Crippen molar-refractivity contribution in [2.24, 2.45) is 5.73 Å². The number of hydrogen-bond donors (Lipinski definition) is 2. The Morgan fingerprint density at radius 1 is 1.45 bits per heavy atom. The predicted octanol–water partition coefficient (Wildman–Crippen LogP) is 0.138. The van der Waals surface area contributed by atoms with Crippen LogP contribution in [0.1, 0.15) is 20.3 Å². The summed E-state index contributed by atoms with van der Waals surface area (Å²) in [7, 11) is 5.99. The number of rotatable bonds is 3. The molecular weight excluding hydrogens is 140 g/mol. The molecule has 0 aromatic carbocycles. The third kappa shape index (κ3) is 1.92. The Bertz CT molecular complexity index is 129. The van der Waals surface area contributed by atoms with Crippen molar-refractivity contribution in [1.82, 2.24) is 0 Å². The van der Waals surface area contributed by atoms with Gasteiger partial charge < -0.3 is 9.59 Å². The van der Waals surface area contributed by atoms with E-state index in [1.54, 1.807) is 6.92 Å². The Kier molecular flexibility index (Phi) is 3.06. The molecule has 68 valence electrons. The van der Waals surface area contributed by atoms with Crippen LogP contribution in [0.25, 0.3) is 0 Å². The Hall–Kier alpha value is -0.120. The van der Waals surface area contributed by atoms with E-state index in [1.807, 2.05) is 28.1 Å². The summed E-state index contributed by atoms with van der Waals surface area (Å²) >= 11 is 0. The molecule has 0 bridgehead atoms. The molecule has 2 atom stereocenters. The highest BCUT2D eigenvalue weighted by Gasteiger charge is 2.41. The lowest BCUT2D eigenvalue weighted by molar-refractivity contribution is -0.928. The van der Waals surface area contributed by atoms with Gasteiger partial charge in [0.1, 0.15) is 6.10 Å². The maximum Gasteiger partial charge on any atom is 0.175 e. The molecular formula is C8H21N2O+. The number of hydrogen-bond acceptors (Lipinski definition) is 2. The Morgan fingerprint density at radius 2 is 1.82 bits per heavy atom. The van der Waals surface area contributed by atoms with Gasteiger partial charge >= 0.3 is 0 Å². The van der Waals surface area contributed by atoms with Gasteiger partial charge in [0, 0.05) is 6.42 Å². The van der Waals surface area contributed by atoms with Gasteiger partial charge in [0.15, 0.2) is 5.66 Å². The lowest BCUT2D eigenvalue weighted by Gasteiger charge is -2.44. The molecule has 0 fully saturated rings. The van der Waals surface area contributed by atoms with Crippen molar-refractivity contribution in [2.75, 3.05) is 21.1 Å². The van der Waals surface area contributed by atoms with E-state index in [-0.39, 0.29) is 0 Å². The van der Waals surface area contributed by atoms with E-state index in [2.05, 4.69) is 0 Å². The second-order valence-corrected chi connectivity index (χ2v) is 4.03. The van der Waals surface area contributed by atoms with Crippen molar-refractivity contribution < 1.29 is 9.59 Å². The van der Waals surface area contributed by atoms with Crippen LogP contribution in [0.3, 0.4) is 0 Å². The summed E-state index contributed by atoms with van der Waals surface area (Å²) in [6.45, 7) is 3.74. The lowest BCUT2D eigenvalue weighted by atomic mass is 9.99. The van der Waals surface area contributed by atoms with Crippen LogP contribution in [-0.4, -0.2) is 42.5 Å². The molecule has 2 unspecified atom stereocenters. The van der Waals surface area contributed by atoms with Gasteiger partial charge in [-0.15, -0.1) is 0 Å². The van der Waals surface area contributed by atoms with Crippen LogP contribution < -0.4 is 5.73 Å². The largest absolute Gasteiger partial charge is 0.385 e. The van der Waals surface area contributed by atoms with Crippen LogP contribution >= 0.6 is 0 Å². The molecule has 3 N–H and O–H groups in total. The van der Waals surface area contributed by atoms with Gasteiger partial charge in [-0.3, -0.25) is 5.73 Å². The van der Waals surface area contributed by atoms with Gasteiger partial charge in [-0.2, -0.15) is 0 Å². The SMILES string of the molecule is CCC(N)(C(C)O)[N+](C)(C)C. The summed E-state index contributed by atoms with van der Waals surface area (Å²) in [4.78, 5) is 0. The zero-order valence-electron chi connectivity index (χ0n) is 8.26. The van der Waals surface area contributed by atoms with Gasteiger partial charge in [0.2, 0.25) is 0 Å². The molecule has 0 saturated carbocycles. The van der Waals surface area contributed by atoms with E-state index >= 15 is 0 Å². The second kappa shape index (κ2) is 3.09. The number of quaternary nitrogens is 1. The van der Waals surface area contributed by atoms with E-state index < -0.39 is 11.8 Å². The van der Waals surface area contributed by atoms with E-state index in [0.717, 1.165) is 6.42 Å². The highest BCUT2D eigenvalue weighted by molar-refractivity contribution is 4.77. The summed E-state index contributed by atoms with van der Waals surface area (Å²) < 4.78 is 0.584. The molecule has 0 heterocycles. The van der Waals surface area contributed by atoms with Crippen molar-refractivity contribution in [3.05, 3.63) is 0 Å². The summed E-state index contributed by atoms with van der Waals surface area (Å²) in [6, 6.07) is 0. The van der Waals surface area contributed by atoms with Crippen LogP contribution in [0.4, 0.5) is 0 Å². The summed E-state index contributed by atoms with van der Waals surface area (Å²) in [5.41, 5.74) is 5.51. The van der Waals surface area contributed by atoms with Crippen molar-refractivity contribution >= 4 is 0 Å². The normalized spacial score (nSPS) is 21.0. The minimum absolute atomic E-state index is 0.479. The van der Waals surface area contributed by atoms with E-state index in [1.165, 1.54) is 0 Å². The van der Waals surface area contributed by atoms with Crippen molar-refractivity contribution in [2.45, 2.75) is 32.0 Å². The maximum atomic E-state index is 9.47. The number of aliphatic hydroxyl groups excluding tert-OH is 1. The van der Waals surface area contributed by atoms with Gasteiger partial charge in [-0.25, -0.2) is 0 Å². The third-order valence-corrected chi connectivity index (χ3v) is 2.54. The van der Waals surface area contributed by atoms with Crippen LogP contribution in [0.2, 0.25) is 0 Å². The average Bonchev–Trinajstić information content (AvgIpc) is 1.83. The number of nitrogens with zero attached hydrogens (tertiary/aromatic N) is 1. The van der Waals surface area contributed by atoms with Gasteiger partial charge in [0.05, 0.1) is 21.1 Å². The summed E-state index contributed by atoms with van der Waals surface area (Å²) in [5.74, 6) is 0. The quantitative estimate of drug-likeness (QED) is 0.457. The predicted molar refractivity (Wildman–Crippen MR) is 46.9 cm³/mol. The molecule has 0 aromatic heterocycles. The highest BCUT2D eigenvalue weighted by Crippen LogP contribution is 2.20. The average molecular weight is 161 g/mol. The fourth-order valence-corrected chi connectivity index (χ4v) is 1.33. The minimum atomic E-state index is -0.528. The van der Waals surface area contributed by atoms with E-state index in [9.17, 15) is 5.11 Å². The lowest BCUT2D eigenvalue weighted by Crippen LogP contribution is -2.68. The first-order valence-electron chi connectivity index (χ1n) is 4.04. The fourth-order valence-electron chi connectivity index (χ4n) is 1.33. The minimum Gasteiger partial charge on any atom is -0.385 e. The molecule has 0 aliphatic rings. The maximum absolute atomic E-state index is 9.47. The molecule has 0 amide bonds. The fraction of sp³-hybridized carbons (Fsp3) is 1.00. The number of aliphatic hydroxyl groups is 1. The van der Waals surface area contributed by atoms with E-state index in [4.69, 9.17) is 5.73 Å². The first-order chi connectivity index (χ1) is 4.75. The van der Waals surface area contributed by atoms with Gasteiger partial charge in [0.25, 0.3) is 0 Å². The highest BCUT2D eigenvalue weighted by atomic mass is 16.3. The molecule has 0 saturated heterocycles. The zero-order valence-corrected chi connectivity index (χ0v) is 8.26. The molecule has 0 radical (unpaired) electrons. The molecule has 0 spiro atoms. The molecule has 11 heavy (non-hydrogen) atoms. The Morgan fingerprint density at radius 3 is 1.82 bits per heavy atom. The smallest absolute Gasteiger partial charge is 0.175 e. The molecule has 0 aliphatic heterocycles. The number of likely N-dealkylation sites (N-methyl/N-ethyl adjacent to an activating group) is 1. The zero-order chi connectivity index (χ0) is 9.28. The van der Waals surface area contributed by atoms with Crippen LogP contribution in [0.15, 0.2) is 0 Å². The second-order valence-electron chi connectivity index (χ2n) is 4.03. The molecule has 3 nitrogen and oxygen atoms in total. The molecule has 0 rings (SSSR count). The van der Waals surface area contributed by atoms with Crippen molar-refractivity contribution in [1.29, 1.82) is 0 Å². The Balaban J connectivity index is 4.61. The monoisotopic (exact) mass is 161 g/mol. The van der Waals surface area contributed by atoms with Crippen molar-refractivity contribution in [3.8, 4) is 0 Å². The standard InChI is InChI=1S/C8H21N2O/c1-6-8(9,7(2)11)10(3,4)5/h7,11H,6,9H2,1-5H3/q+1. The Labute approximate surface area is 69.4 Å². The first kappa shape index (κ1) is 10.9. The third-order valence-electron chi connectivity index (χ3n) is 2.54. The molecule has 0 aliphatic carbocycles. The number of nitrogens with two attached hydrogens (primary N) is 1. The summed E-state index contributed by atoms with van der Waals surface area (Å²) in [6.07, 6.45) is 0.293. The topological polar surface area (TPSA) is 46.2 Å². The molecule has 0 aromatic rings. The van der Waals surface area contributed by atoms with Crippen LogP contribution in [0, 0.1) is 0 Å².